The highest BCUT2D eigenvalue weighted by molar-refractivity contribution is 6.30. The largest absolute Gasteiger partial charge is 0.393 e. The van der Waals surface area contributed by atoms with Gasteiger partial charge >= 0.3 is 0 Å². The zero-order chi connectivity index (χ0) is 20.0. The third-order valence-corrected chi connectivity index (χ3v) is 6.12. The molecule has 7 nitrogen and oxygen atoms in total. The summed E-state index contributed by atoms with van der Waals surface area (Å²) in [5, 5.41) is 20.3. The van der Waals surface area contributed by atoms with E-state index in [0.717, 1.165) is 18.4 Å². The Morgan fingerprint density at radius 2 is 1.86 bits per heavy atom. The third-order valence-electron chi connectivity index (χ3n) is 5.87. The van der Waals surface area contributed by atoms with Crippen molar-refractivity contribution >= 4 is 23.4 Å². The second kappa shape index (κ2) is 7.22. The molecule has 2 fully saturated rings. The van der Waals surface area contributed by atoms with Crippen molar-refractivity contribution < 1.29 is 14.7 Å². The smallest absolute Gasteiger partial charge is 0.271 e. The van der Waals surface area contributed by atoms with Gasteiger partial charge in [0, 0.05) is 24.2 Å². The predicted octanol–water partition coefficient (Wildman–Crippen LogP) is 2.00. The van der Waals surface area contributed by atoms with Crippen LogP contribution in [-0.4, -0.2) is 45.9 Å². The van der Waals surface area contributed by atoms with Gasteiger partial charge in [-0.15, -0.1) is 0 Å². The van der Waals surface area contributed by atoms with Crippen molar-refractivity contribution in [2.45, 2.75) is 38.0 Å². The minimum atomic E-state index is -0.345. The Morgan fingerprint density at radius 1 is 1.21 bits per heavy atom. The predicted molar refractivity (Wildman–Crippen MR) is 104 cm³/mol. The molecule has 3 N–H and O–H groups in total. The summed E-state index contributed by atoms with van der Waals surface area (Å²) in [4.78, 5) is 25.0. The van der Waals surface area contributed by atoms with Crippen LogP contribution in [0.3, 0.4) is 0 Å². The van der Waals surface area contributed by atoms with Crippen molar-refractivity contribution in [3.05, 3.63) is 52.3 Å². The number of fused-ring (bicyclic) bond motifs is 1. The van der Waals surface area contributed by atoms with E-state index in [0.29, 0.717) is 22.6 Å². The number of amides is 2. The Balaban J connectivity index is 1.60. The van der Waals surface area contributed by atoms with Gasteiger partial charge in [-0.2, -0.15) is 5.10 Å². The lowest BCUT2D eigenvalue weighted by Gasteiger charge is -2.17. The maximum absolute atomic E-state index is 13.0. The lowest BCUT2D eigenvalue weighted by atomic mass is 10.1. The zero-order valence-corrected chi connectivity index (χ0v) is 16.5. The fourth-order valence-corrected chi connectivity index (χ4v) is 4.36. The molecule has 0 aliphatic heterocycles. The second-order valence-corrected chi connectivity index (χ2v) is 8.05. The average Bonchev–Trinajstić information content (AvgIpc) is 3.06. The summed E-state index contributed by atoms with van der Waals surface area (Å²) in [6, 6.07) is 8.68. The number of halogens is 1. The number of benzene rings is 1. The van der Waals surface area contributed by atoms with Gasteiger partial charge in [0.15, 0.2) is 5.69 Å². The van der Waals surface area contributed by atoms with E-state index in [1.807, 2.05) is 19.1 Å². The fraction of sp³-hybridized carbons (Fsp3) is 0.450. The maximum Gasteiger partial charge on any atom is 0.271 e. The van der Waals surface area contributed by atoms with Gasteiger partial charge in [0.25, 0.3) is 11.8 Å². The Bertz CT molecular complexity index is 899. The Hall–Kier alpha value is -2.38. The molecule has 0 radical (unpaired) electrons. The number of aromatic nitrogens is 2. The fourth-order valence-electron chi connectivity index (χ4n) is 4.23. The van der Waals surface area contributed by atoms with E-state index in [2.05, 4.69) is 15.7 Å². The molecule has 0 saturated heterocycles. The zero-order valence-electron chi connectivity index (χ0n) is 15.7. The van der Waals surface area contributed by atoms with E-state index in [1.54, 1.807) is 16.8 Å². The number of hydrogen-bond acceptors (Lipinski definition) is 4. The van der Waals surface area contributed by atoms with Crippen LogP contribution in [0.4, 0.5) is 0 Å². The Morgan fingerprint density at radius 3 is 2.46 bits per heavy atom. The third kappa shape index (κ3) is 3.40. The van der Waals surface area contributed by atoms with E-state index in [-0.39, 0.29) is 35.7 Å². The highest BCUT2D eigenvalue weighted by Crippen LogP contribution is 2.52. The Kier molecular flexibility index (Phi) is 4.89. The molecule has 2 saturated carbocycles. The topological polar surface area (TPSA) is 96.3 Å². The van der Waals surface area contributed by atoms with Gasteiger partial charge in [0.05, 0.1) is 12.1 Å². The number of carbonyl (C=O) groups is 2. The average molecular weight is 403 g/mol. The van der Waals surface area contributed by atoms with Crippen LogP contribution in [0, 0.1) is 11.8 Å². The van der Waals surface area contributed by atoms with Crippen LogP contribution in [-0.2, 0) is 0 Å². The summed E-state index contributed by atoms with van der Waals surface area (Å²) in [7, 11) is 1.53. The first-order valence-electron chi connectivity index (χ1n) is 9.45. The summed E-state index contributed by atoms with van der Waals surface area (Å²) in [5.74, 6) is 0.102. The minimum absolute atomic E-state index is 0.0912. The first-order valence-corrected chi connectivity index (χ1v) is 9.83. The van der Waals surface area contributed by atoms with Crippen LogP contribution in [0.5, 0.6) is 0 Å². The van der Waals surface area contributed by atoms with Crippen molar-refractivity contribution in [3.63, 3.8) is 0 Å². The van der Waals surface area contributed by atoms with E-state index in [1.165, 1.54) is 13.1 Å². The molecule has 2 aromatic rings. The molecule has 1 heterocycles. The molecule has 8 heteroatoms. The number of aliphatic hydroxyl groups is 1. The highest BCUT2D eigenvalue weighted by atomic mass is 35.5. The van der Waals surface area contributed by atoms with Gasteiger partial charge in [-0.25, -0.2) is 0 Å². The number of rotatable bonds is 5. The van der Waals surface area contributed by atoms with E-state index in [4.69, 9.17) is 11.6 Å². The molecule has 5 atom stereocenters. The molecule has 0 bridgehead atoms. The monoisotopic (exact) mass is 402 g/mol. The van der Waals surface area contributed by atoms with Crippen molar-refractivity contribution in [2.24, 2.45) is 11.8 Å². The summed E-state index contributed by atoms with van der Waals surface area (Å²) in [5.41, 5.74) is 1.46. The molecule has 2 aliphatic rings. The van der Waals surface area contributed by atoms with Crippen LogP contribution >= 0.6 is 11.6 Å². The number of aliphatic hydroxyl groups excluding tert-OH is 1. The summed E-state index contributed by atoms with van der Waals surface area (Å²) < 4.78 is 1.58. The van der Waals surface area contributed by atoms with Gasteiger partial charge in [0.2, 0.25) is 0 Å². The molecule has 2 amide bonds. The van der Waals surface area contributed by atoms with E-state index in [9.17, 15) is 14.7 Å². The molecular formula is C20H23ClN4O3. The van der Waals surface area contributed by atoms with Gasteiger partial charge < -0.3 is 15.7 Å². The molecule has 2 aliphatic carbocycles. The van der Waals surface area contributed by atoms with Crippen molar-refractivity contribution in [3.8, 4) is 0 Å². The minimum Gasteiger partial charge on any atom is -0.393 e. The molecule has 1 aromatic heterocycles. The van der Waals surface area contributed by atoms with Gasteiger partial charge in [-0.3, -0.25) is 14.3 Å². The van der Waals surface area contributed by atoms with Crippen LogP contribution in [0.1, 0.15) is 52.3 Å². The highest BCUT2D eigenvalue weighted by Gasteiger charge is 2.56. The maximum atomic E-state index is 13.0. The molecule has 28 heavy (non-hydrogen) atoms. The van der Waals surface area contributed by atoms with Crippen molar-refractivity contribution in [1.82, 2.24) is 20.4 Å². The van der Waals surface area contributed by atoms with Crippen LogP contribution in [0.15, 0.2) is 30.3 Å². The first-order chi connectivity index (χ1) is 13.4. The summed E-state index contributed by atoms with van der Waals surface area (Å²) >= 11 is 5.97. The standard InChI is InChI=1S/C20H23ClN4O3/c1-10(11-3-5-12(21)6-4-11)25-17(9-16(24-25)19(27)22-2)20(28)23-18-14-7-13(26)8-15(14)18/h3-6,9-10,13-15,18,26H,7-8H2,1-2H3,(H,22,27)(H,23,28)/t10-,13-,14+,15-,18-/m0/s1. The lowest BCUT2D eigenvalue weighted by molar-refractivity contribution is 0.0923. The van der Waals surface area contributed by atoms with E-state index < -0.39 is 0 Å². The first kappa shape index (κ1) is 19.0. The van der Waals surface area contributed by atoms with Crippen LogP contribution < -0.4 is 10.6 Å². The molecule has 1 aromatic carbocycles. The number of nitrogens with one attached hydrogen (secondary N) is 2. The lowest BCUT2D eigenvalue weighted by Crippen LogP contribution is -2.32. The second-order valence-electron chi connectivity index (χ2n) is 7.62. The SMILES string of the molecule is CNC(=O)c1cc(C(=O)N[C@H]2[C@@H]3C[C@H](O)C[C@@H]32)n([C@@H](C)c2ccc(Cl)cc2)n1. The number of carbonyl (C=O) groups excluding carboxylic acids is 2. The van der Waals surface area contributed by atoms with Gasteiger partial charge in [0.1, 0.15) is 5.69 Å². The number of nitrogens with zero attached hydrogens (tertiary/aromatic N) is 2. The number of hydrogen-bond donors (Lipinski definition) is 3. The molecule has 0 unspecified atom stereocenters. The normalized spacial score (nSPS) is 26.4. The van der Waals surface area contributed by atoms with Gasteiger partial charge in [-0.05, 0) is 49.3 Å². The summed E-state index contributed by atoms with van der Waals surface area (Å²) in [6.45, 7) is 1.92. The van der Waals surface area contributed by atoms with Gasteiger partial charge in [-0.1, -0.05) is 23.7 Å². The quantitative estimate of drug-likeness (QED) is 0.712. The molecule has 0 spiro atoms. The van der Waals surface area contributed by atoms with Crippen LogP contribution in [0.2, 0.25) is 5.02 Å². The summed E-state index contributed by atoms with van der Waals surface area (Å²) in [6.07, 6.45) is 1.22. The molecule has 148 valence electrons. The molecular weight excluding hydrogens is 380 g/mol. The van der Waals surface area contributed by atoms with Crippen LogP contribution in [0.25, 0.3) is 0 Å². The van der Waals surface area contributed by atoms with E-state index >= 15 is 0 Å². The molecule has 4 rings (SSSR count). The van der Waals surface area contributed by atoms with Crippen molar-refractivity contribution in [2.75, 3.05) is 7.05 Å². The Labute approximate surface area is 168 Å². The van der Waals surface area contributed by atoms with Crippen molar-refractivity contribution in [1.29, 1.82) is 0 Å².